The van der Waals surface area contributed by atoms with Gasteiger partial charge in [0.05, 0.1) is 18.9 Å². The molecule has 8 nitrogen and oxygen atoms in total. The van der Waals surface area contributed by atoms with Gasteiger partial charge in [0.15, 0.2) is 0 Å². The van der Waals surface area contributed by atoms with E-state index in [-0.39, 0.29) is 11.6 Å². The summed E-state index contributed by atoms with van der Waals surface area (Å²) in [6, 6.07) is 1.70. The summed E-state index contributed by atoms with van der Waals surface area (Å²) in [6.07, 6.45) is 2.18. The predicted molar refractivity (Wildman–Crippen MR) is 70.3 cm³/mol. The number of rotatable bonds is 2. The van der Waals surface area contributed by atoms with Gasteiger partial charge in [-0.1, -0.05) is 0 Å². The molecule has 1 amide bonds. The third-order valence-corrected chi connectivity index (χ3v) is 3.06. The highest BCUT2D eigenvalue weighted by molar-refractivity contribution is 5.99. The van der Waals surface area contributed by atoms with Crippen molar-refractivity contribution in [3.8, 4) is 0 Å². The number of nitrogens with one attached hydrogen (secondary N) is 2. The lowest BCUT2D eigenvalue weighted by molar-refractivity contribution is -0.117. The van der Waals surface area contributed by atoms with E-state index in [0.29, 0.717) is 24.9 Å². The average Bonchev–Trinajstić information content (AvgIpc) is 2.78. The van der Waals surface area contributed by atoms with Crippen molar-refractivity contribution in [3.05, 3.63) is 23.7 Å². The maximum absolute atomic E-state index is 11.5. The Balaban J connectivity index is 1.80. The van der Waals surface area contributed by atoms with Crippen LogP contribution in [0.3, 0.4) is 0 Å². The number of carbonyl (C=O) groups excluding carboxylic acids is 1. The number of morpholine rings is 1. The maximum atomic E-state index is 11.5. The van der Waals surface area contributed by atoms with Gasteiger partial charge < -0.3 is 25.4 Å². The fourth-order valence-corrected chi connectivity index (χ4v) is 2.06. The van der Waals surface area contributed by atoms with Gasteiger partial charge in [0.1, 0.15) is 5.70 Å². The molecule has 1 unspecified atom stereocenters. The molecular formula is C12H15N5O3. The number of hydrogen-bond donors (Lipinski definition) is 3. The molecule has 0 radical (unpaired) electrons. The number of ether oxygens (including phenoxy) is 1. The molecule has 20 heavy (non-hydrogen) atoms. The van der Waals surface area contributed by atoms with Crippen LogP contribution in [0.2, 0.25) is 0 Å². The van der Waals surface area contributed by atoms with E-state index >= 15 is 0 Å². The Bertz CT molecular complexity index is 542. The zero-order chi connectivity index (χ0) is 13.9. The number of aliphatic hydroxyl groups excluding tert-OH is 1. The summed E-state index contributed by atoms with van der Waals surface area (Å²) in [5.41, 5.74) is 0.886. The molecule has 2 aliphatic heterocycles. The number of amides is 1. The van der Waals surface area contributed by atoms with Crippen LogP contribution in [0.15, 0.2) is 18.0 Å². The second kappa shape index (κ2) is 5.43. The first-order chi connectivity index (χ1) is 9.72. The lowest BCUT2D eigenvalue weighted by atomic mass is 10.3. The Morgan fingerprint density at radius 2 is 2.20 bits per heavy atom. The molecule has 3 rings (SSSR count). The molecule has 3 heterocycles. The molecule has 3 N–H and O–H groups in total. The molecule has 0 bridgehead atoms. The van der Waals surface area contributed by atoms with Crippen molar-refractivity contribution in [2.24, 2.45) is 0 Å². The summed E-state index contributed by atoms with van der Waals surface area (Å²) in [4.78, 5) is 22.2. The first-order valence-corrected chi connectivity index (χ1v) is 6.35. The van der Waals surface area contributed by atoms with Crippen LogP contribution >= 0.6 is 0 Å². The molecule has 0 spiro atoms. The lowest BCUT2D eigenvalue weighted by Gasteiger charge is -2.26. The number of hydrogen-bond acceptors (Lipinski definition) is 7. The molecule has 0 saturated carbocycles. The highest BCUT2D eigenvalue weighted by atomic mass is 16.5. The van der Waals surface area contributed by atoms with Crippen molar-refractivity contribution in [3.63, 3.8) is 0 Å². The molecule has 1 aromatic rings. The zero-order valence-corrected chi connectivity index (χ0v) is 10.7. The highest BCUT2D eigenvalue weighted by Gasteiger charge is 2.23. The van der Waals surface area contributed by atoms with Crippen LogP contribution in [0, 0.1) is 0 Å². The number of anilines is 1. The van der Waals surface area contributed by atoms with E-state index in [2.05, 4.69) is 20.6 Å². The minimum absolute atomic E-state index is 0.282. The second-order valence-corrected chi connectivity index (χ2v) is 4.46. The Morgan fingerprint density at radius 1 is 1.40 bits per heavy atom. The van der Waals surface area contributed by atoms with E-state index in [0.717, 1.165) is 13.1 Å². The zero-order valence-electron chi connectivity index (χ0n) is 10.7. The SMILES string of the molecule is O=C1NC(O)N/C1=C\c1ccnc(N2CCOCC2)n1. The van der Waals surface area contributed by atoms with Crippen LogP contribution < -0.4 is 15.5 Å². The van der Waals surface area contributed by atoms with Crippen molar-refractivity contribution in [1.82, 2.24) is 20.6 Å². The lowest BCUT2D eigenvalue weighted by Crippen LogP contribution is -2.37. The van der Waals surface area contributed by atoms with Crippen molar-refractivity contribution in [1.29, 1.82) is 0 Å². The topological polar surface area (TPSA) is 99.6 Å². The van der Waals surface area contributed by atoms with E-state index in [1.807, 2.05) is 4.90 Å². The largest absolute Gasteiger partial charge is 0.378 e. The van der Waals surface area contributed by atoms with Crippen LogP contribution in [0.1, 0.15) is 5.69 Å². The van der Waals surface area contributed by atoms with Gasteiger partial charge in [-0.15, -0.1) is 0 Å². The summed E-state index contributed by atoms with van der Waals surface area (Å²) >= 11 is 0. The fraction of sp³-hybridized carbons (Fsp3) is 0.417. The van der Waals surface area contributed by atoms with Gasteiger partial charge in [-0.3, -0.25) is 4.79 Å². The van der Waals surface area contributed by atoms with Crippen LogP contribution in [0.4, 0.5) is 5.95 Å². The molecular weight excluding hydrogens is 262 g/mol. The third-order valence-electron chi connectivity index (χ3n) is 3.06. The van der Waals surface area contributed by atoms with Gasteiger partial charge in [-0.25, -0.2) is 9.97 Å². The van der Waals surface area contributed by atoms with E-state index in [1.54, 1.807) is 18.3 Å². The molecule has 1 aromatic heterocycles. The van der Waals surface area contributed by atoms with Gasteiger partial charge in [0.25, 0.3) is 5.91 Å². The monoisotopic (exact) mass is 277 g/mol. The second-order valence-electron chi connectivity index (χ2n) is 4.46. The van der Waals surface area contributed by atoms with Crippen LogP contribution in [-0.2, 0) is 9.53 Å². The van der Waals surface area contributed by atoms with Gasteiger partial charge >= 0.3 is 0 Å². The van der Waals surface area contributed by atoms with E-state index < -0.39 is 6.35 Å². The molecule has 8 heteroatoms. The average molecular weight is 277 g/mol. The normalized spacial score (nSPS) is 24.6. The Hall–Kier alpha value is -2.19. The summed E-state index contributed by atoms with van der Waals surface area (Å²) in [7, 11) is 0. The van der Waals surface area contributed by atoms with Crippen molar-refractivity contribution in [2.75, 3.05) is 31.2 Å². The summed E-state index contributed by atoms with van der Waals surface area (Å²) in [5.74, 6) is 0.255. The van der Waals surface area contributed by atoms with E-state index in [4.69, 9.17) is 4.74 Å². The number of aromatic nitrogens is 2. The van der Waals surface area contributed by atoms with E-state index in [9.17, 15) is 9.90 Å². The third kappa shape index (κ3) is 2.70. The number of aliphatic hydroxyl groups is 1. The van der Waals surface area contributed by atoms with Gasteiger partial charge in [-0.2, -0.15) is 0 Å². The quantitative estimate of drug-likeness (QED) is 0.575. The molecule has 2 saturated heterocycles. The Morgan fingerprint density at radius 3 is 2.90 bits per heavy atom. The summed E-state index contributed by atoms with van der Waals surface area (Å²) in [5, 5.41) is 14.2. The van der Waals surface area contributed by atoms with Gasteiger partial charge in [-0.05, 0) is 12.1 Å². The van der Waals surface area contributed by atoms with Gasteiger partial charge in [0.2, 0.25) is 12.3 Å². The Labute approximate surface area is 115 Å². The minimum atomic E-state index is -1.05. The van der Waals surface area contributed by atoms with Crippen molar-refractivity contribution < 1.29 is 14.6 Å². The first kappa shape index (κ1) is 12.8. The van der Waals surface area contributed by atoms with Crippen LogP contribution in [0.5, 0.6) is 0 Å². The molecule has 1 atom stereocenters. The van der Waals surface area contributed by atoms with Crippen molar-refractivity contribution in [2.45, 2.75) is 6.35 Å². The predicted octanol–water partition coefficient (Wildman–Crippen LogP) is -1.35. The summed E-state index contributed by atoms with van der Waals surface area (Å²) < 4.78 is 5.29. The standard InChI is InChI=1S/C12H15N5O3/c18-10-9(15-12(19)16-10)7-8-1-2-13-11(14-8)17-3-5-20-6-4-17/h1-2,7,12,15,19H,3-6H2,(H,16,18)/b9-7-. The molecule has 106 valence electrons. The summed E-state index contributed by atoms with van der Waals surface area (Å²) in [6.45, 7) is 2.81. The minimum Gasteiger partial charge on any atom is -0.378 e. The molecule has 0 aromatic carbocycles. The fourth-order valence-electron chi connectivity index (χ4n) is 2.06. The number of nitrogens with zero attached hydrogens (tertiary/aromatic N) is 3. The smallest absolute Gasteiger partial charge is 0.270 e. The van der Waals surface area contributed by atoms with Crippen LogP contribution in [0.25, 0.3) is 6.08 Å². The molecule has 0 aliphatic carbocycles. The highest BCUT2D eigenvalue weighted by Crippen LogP contribution is 2.12. The first-order valence-electron chi connectivity index (χ1n) is 6.35. The molecule has 2 aliphatic rings. The molecule has 2 fully saturated rings. The van der Waals surface area contributed by atoms with Crippen molar-refractivity contribution >= 4 is 17.9 Å². The number of carbonyl (C=O) groups is 1. The maximum Gasteiger partial charge on any atom is 0.270 e. The Kier molecular flexibility index (Phi) is 3.48. The van der Waals surface area contributed by atoms with Gasteiger partial charge in [0, 0.05) is 19.3 Å². The van der Waals surface area contributed by atoms with E-state index in [1.165, 1.54) is 0 Å². The van der Waals surface area contributed by atoms with Crippen LogP contribution in [-0.4, -0.2) is 53.6 Å².